The molecule has 0 atom stereocenters. The van der Waals surface area contributed by atoms with Crippen LogP contribution in [-0.4, -0.2) is 12.6 Å². The summed E-state index contributed by atoms with van der Waals surface area (Å²) in [5.41, 5.74) is 1.03. The fraction of sp³-hybridized carbons (Fsp3) is 0.167. The van der Waals surface area contributed by atoms with Gasteiger partial charge < -0.3 is 4.74 Å². The third kappa shape index (κ3) is 3.28. The molecule has 1 rings (SSSR count). The molecule has 15 heavy (non-hydrogen) atoms. The number of allylic oxidation sites excluding steroid dienone is 1. The number of nitrogens with zero attached hydrogens (tertiary/aromatic N) is 1. The second-order valence-corrected chi connectivity index (χ2v) is 2.79. The highest BCUT2D eigenvalue weighted by Gasteiger charge is 2.03. The van der Waals surface area contributed by atoms with Crippen LogP contribution in [0.15, 0.2) is 36.4 Å². The second kappa shape index (κ2) is 5.61. The van der Waals surface area contributed by atoms with Gasteiger partial charge >= 0.3 is 5.97 Å². The SMILES string of the molecule is CCOC(=O)C=C(C#N)c1ccccc1. The van der Waals surface area contributed by atoms with Crippen molar-refractivity contribution in [3.63, 3.8) is 0 Å². The van der Waals surface area contributed by atoms with Crippen molar-refractivity contribution in [3.8, 4) is 6.07 Å². The minimum absolute atomic E-state index is 0.308. The van der Waals surface area contributed by atoms with E-state index in [1.807, 2.05) is 24.3 Å². The predicted octanol–water partition coefficient (Wildman–Crippen LogP) is 2.16. The molecule has 1 aromatic rings. The van der Waals surface area contributed by atoms with Crippen LogP contribution in [0.5, 0.6) is 0 Å². The molecule has 0 bridgehead atoms. The van der Waals surface area contributed by atoms with Crippen molar-refractivity contribution in [2.24, 2.45) is 0 Å². The molecule has 0 aliphatic heterocycles. The van der Waals surface area contributed by atoms with E-state index in [9.17, 15) is 4.79 Å². The molecule has 0 saturated carbocycles. The lowest BCUT2D eigenvalue weighted by Crippen LogP contribution is -2.00. The van der Waals surface area contributed by atoms with E-state index in [2.05, 4.69) is 0 Å². The molecular weight excluding hydrogens is 190 g/mol. The molecule has 0 heterocycles. The molecule has 76 valence electrons. The topological polar surface area (TPSA) is 50.1 Å². The summed E-state index contributed by atoms with van der Waals surface area (Å²) in [6.45, 7) is 2.03. The quantitative estimate of drug-likeness (QED) is 0.427. The number of benzene rings is 1. The molecule has 0 aromatic heterocycles. The van der Waals surface area contributed by atoms with Crippen LogP contribution in [0.2, 0.25) is 0 Å². The molecule has 1 aromatic carbocycles. The first kappa shape index (κ1) is 11.0. The lowest BCUT2D eigenvalue weighted by molar-refractivity contribution is -0.137. The molecular formula is C12H11NO2. The minimum Gasteiger partial charge on any atom is -0.463 e. The van der Waals surface area contributed by atoms with Gasteiger partial charge in [-0.2, -0.15) is 5.26 Å². The van der Waals surface area contributed by atoms with Gasteiger partial charge in [0, 0.05) is 6.08 Å². The van der Waals surface area contributed by atoms with Crippen LogP contribution in [0.4, 0.5) is 0 Å². The third-order valence-electron chi connectivity index (χ3n) is 1.75. The second-order valence-electron chi connectivity index (χ2n) is 2.79. The summed E-state index contributed by atoms with van der Waals surface area (Å²) >= 11 is 0. The Balaban J connectivity index is 2.91. The number of hydrogen-bond donors (Lipinski definition) is 0. The van der Waals surface area contributed by atoms with Gasteiger partial charge in [0.2, 0.25) is 0 Å². The summed E-state index contributed by atoms with van der Waals surface area (Å²) in [6.07, 6.45) is 1.21. The number of nitriles is 1. The summed E-state index contributed by atoms with van der Waals surface area (Å²) < 4.78 is 4.73. The van der Waals surface area contributed by atoms with Crippen LogP contribution in [0.3, 0.4) is 0 Å². The highest BCUT2D eigenvalue weighted by atomic mass is 16.5. The average Bonchev–Trinajstić information content (AvgIpc) is 2.27. The van der Waals surface area contributed by atoms with Gasteiger partial charge in [0.15, 0.2) is 0 Å². The van der Waals surface area contributed by atoms with E-state index in [0.717, 1.165) is 0 Å². The van der Waals surface area contributed by atoms with Gasteiger partial charge in [-0.1, -0.05) is 30.3 Å². The van der Waals surface area contributed by atoms with Crippen molar-refractivity contribution in [1.82, 2.24) is 0 Å². The Morgan fingerprint density at radius 1 is 1.47 bits per heavy atom. The third-order valence-corrected chi connectivity index (χ3v) is 1.75. The van der Waals surface area contributed by atoms with Gasteiger partial charge in [0.05, 0.1) is 12.2 Å². The zero-order valence-electron chi connectivity index (χ0n) is 8.43. The summed E-state index contributed by atoms with van der Waals surface area (Å²) in [5.74, 6) is -0.488. The van der Waals surface area contributed by atoms with E-state index in [1.165, 1.54) is 6.08 Å². The highest BCUT2D eigenvalue weighted by Crippen LogP contribution is 2.12. The fourth-order valence-electron chi connectivity index (χ4n) is 1.10. The molecule has 0 aliphatic carbocycles. The molecule has 3 heteroatoms. The molecule has 0 aliphatic rings. The Hall–Kier alpha value is -2.08. The zero-order valence-corrected chi connectivity index (χ0v) is 8.43. The van der Waals surface area contributed by atoms with E-state index < -0.39 is 5.97 Å². The zero-order chi connectivity index (χ0) is 11.1. The molecule has 0 unspecified atom stereocenters. The average molecular weight is 201 g/mol. The highest BCUT2D eigenvalue weighted by molar-refractivity contribution is 5.95. The first-order valence-electron chi connectivity index (χ1n) is 4.62. The molecule has 0 fully saturated rings. The van der Waals surface area contributed by atoms with Crippen molar-refractivity contribution in [2.75, 3.05) is 6.61 Å². The number of carbonyl (C=O) groups is 1. The van der Waals surface area contributed by atoms with E-state index >= 15 is 0 Å². The predicted molar refractivity (Wildman–Crippen MR) is 56.7 cm³/mol. The maximum absolute atomic E-state index is 11.1. The van der Waals surface area contributed by atoms with Crippen molar-refractivity contribution in [2.45, 2.75) is 6.92 Å². The van der Waals surface area contributed by atoms with E-state index in [1.54, 1.807) is 19.1 Å². The van der Waals surface area contributed by atoms with Crippen molar-refractivity contribution >= 4 is 11.5 Å². The lowest BCUT2D eigenvalue weighted by atomic mass is 10.1. The lowest BCUT2D eigenvalue weighted by Gasteiger charge is -1.98. The number of rotatable bonds is 3. The molecule has 0 amide bonds. The number of ether oxygens (including phenoxy) is 1. The molecule has 3 nitrogen and oxygen atoms in total. The Bertz CT molecular complexity index is 401. The summed E-state index contributed by atoms with van der Waals surface area (Å²) in [5, 5.41) is 8.87. The van der Waals surface area contributed by atoms with Gasteiger partial charge in [-0.05, 0) is 12.5 Å². The number of carbonyl (C=O) groups excluding carboxylic acids is 1. The van der Waals surface area contributed by atoms with Gasteiger partial charge in [-0.15, -0.1) is 0 Å². The fourth-order valence-corrected chi connectivity index (χ4v) is 1.10. The van der Waals surface area contributed by atoms with E-state index in [0.29, 0.717) is 17.7 Å². The van der Waals surface area contributed by atoms with Crippen molar-refractivity contribution in [3.05, 3.63) is 42.0 Å². The van der Waals surface area contributed by atoms with Crippen molar-refractivity contribution < 1.29 is 9.53 Å². The molecule has 0 N–H and O–H groups in total. The van der Waals surface area contributed by atoms with Crippen LogP contribution in [-0.2, 0) is 9.53 Å². The summed E-state index contributed by atoms with van der Waals surface area (Å²) in [4.78, 5) is 11.1. The number of esters is 1. The molecule has 0 saturated heterocycles. The van der Waals surface area contributed by atoms with E-state index in [4.69, 9.17) is 10.00 Å². The van der Waals surface area contributed by atoms with Crippen LogP contribution < -0.4 is 0 Å². The van der Waals surface area contributed by atoms with Crippen LogP contribution in [0, 0.1) is 11.3 Å². The first-order valence-corrected chi connectivity index (χ1v) is 4.62. The normalized spacial score (nSPS) is 10.5. The Morgan fingerprint density at radius 3 is 2.67 bits per heavy atom. The van der Waals surface area contributed by atoms with Gasteiger partial charge in [0.25, 0.3) is 0 Å². The van der Waals surface area contributed by atoms with Crippen LogP contribution in [0.25, 0.3) is 5.57 Å². The van der Waals surface area contributed by atoms with Gasteiger partial charge in [-0.25, -0.2) is 4.79 Å². The van der Waals surface area contributed by atoms with Gasteiger partial charge in [-0.3, -0.25) is 0 Å². The Kier molecular flexibility index (Phi) is 4.11. The first-order chi connectivity index (χ1) is 7.27. The largest absolute Gasteiger partial charge is 0.463 e. The van der Waals surface area contributed by atoms with E-state index in [-0.39, 0.29) is 0 Å². The Morgan fingerprint density at radius 2 is 2.13 bits per heavy atom. The maximum Gasteiger partial charge on any atom is 0.332 e. The maximum atomic E-state index is 11.1. The van der Waals surface area contributed by atoms with Crippen LogP contribution >= 0.6 is 0 Å². The molecule has 0 radical (unpaired) electrons. The Labute approximate surface area is 88.6 Å². The molecule has 0 spiro atoms. The summed E-state index contributed by atoms with van der Waals surface area (Å²) in [7, 11) is 0. The minimum atomic E-state index is -0.488. The summed E-state index contributed by atoms with van der Waals surface area (Å²) in [6, 6.07) is 11.0. The number of hydrogen-bond acceptors (Lipinski definition) is 3. The monoisotopic (exact) mass is 201 g/mol. The van der Waals surface area contributed by atoms with Crippen molar-refractivity contribution in [1.29, 1.82) is 5.26 Å². The smallest absolute Gasteiger partial charge is 0.332 e. The van der Waals surface area contributed by atoms with Gasteiger partial charge in [0.1, 0.15) is 6.07 Å². The van der Waals surface area contributed by atoms with Crippen LogP contribution in [0.1, 0.15) is 12.5 Å². The standard InChI is InChI=1S/C12H11NO2/c1-2-15-12(14)8-11(9-13)10-6-4-3-5-7-10/h3-8H,2H2,1H3.